The van der Waals surface area contributed by atoms with Crippen LogP contribution in [0.3, 0.4) is 0 Å². The van der Waals surface area contributed by atoms with Gasteiger partial charge < -0.3 is 19.7 Å². The fourth-order valence-electron chi connectivity index (χ4n) is 2.40. The first kappa shape index (κ1) is 16.8. The Bertz CT molecular complexity index is 497. The fourth-order valence-corrected chi connectivity index (χ4v) is 2.40. The van der Waals surface area contributed by atoms with Crippen molar-refractivity contribution in [2.45, 2.75) is 32.3 Å². The molecule has 1 aromatic rings. The van der Waals surface area contributed by atoms with Crippen LogP contribution >= 0.6 is 0 Å². The van der Waals surface area contributed by atoms with Gasteiger partial charge in [-0.25, -0.2) is 0 Å². The van der Waals surface area contributed by atoms with E-state index in [-0.39, 0.29) is 12.0 Å². The third kappa shape index (κ3) is 5.31. The molecule has 1 atom stereocenters. The second-order valence-electron chi connectivity index (χ2n) is 6.04. The zero-order chi connectivity index (χ0) is 15.9. The molecule has 22 heavy (non-hydrogen) atoms. The van der Waals surface area contributed by atoms with E-state index < -0.39 is 0 Å². The summed E-state index contributed by atoms with van der Waals surface area (Å²) >= 11 is 0. The standard InChI is InChI=1S/C17H26N2O3/c1-13-6-7-15(16(11-13)22-10-8-19(2)3)18-17(20)12-14-5-4-9-21-14/h6-7,11,14H,4-5,8-10,12H2,1-3H3,(H,18,20). The highest BCUT2D eigenvalue weighted by atomic mass is 16.5. The predicted molar refractivity (Wildman–Crippen MR) is 87.4 cm³/mol. The summed E-state index contributed by atoms with van der Waals surface area (Å²) in [6, 6.07) is 5.82. The van der Waals surface area contributed by atoms with Crippen molar-refractivity contribution >= 4 is 11.6 Å². The van der Waals surface area contributed by atoms with Gasteiger partial charge in [0.1, 0.15) is 12.4 Å². The molecule has 0 saturated carbocycles. The third-order valence-electron chi connectivity index (χ3n) is 3.64. The number of ether oxygens (including phenoxy) is 2. The van der Waals surface area contributed by atoms with Gasteiger partial charge >= 0.3 is 0 Å². The van der Waals surface area contributed by atoms with E-state index in [0.29, 0.717) is 13.0 Å². The van der Waals surface area contributed by atoms with Crippen LogP contribution in [0.5, 0.6) is 5.75 Å². The Labute approximate surface area is 132 Å². The maximum atomic E-state index is 12.1. The number of benzene rings is 1. The largest absolute Gasteiger partial charge is 0.490 e. The average molecular weight is 306 g/mol. The van der Waals surface area contributed by atoms with Gasteiger partial charge in [0.05, 0.1) is 18.2 Å². The SMILES string of the molecule is Cc1ccc(NC(=O)CC2CCCO2)c(OCCN(C)C)c1. The van der Waals surface area contributed by atoms with E-state index in [1.807, 2.05) is 39.2 Å². The Kier molecular flexibility index (Phi) is 6.21. The van der Waals surface area contributed by atoms with Crippen LogP contribution in [0.25, 0.3) is 0 Å². The van der Waals surface area contributed by atoms with Crippen LogP contribution in [0, 0.1) is 6.92 Å². The molecule has 1 amide bonds. The van der Waals surface area contributed by atoms with Gasteiger partial charge in [-0.15, -0.1) is 0 Å². The van der Waals surface area contributed by atoms with Crippen LogP contribution < -0.4 is 10.1 Å². The van der Waals surface area contributed by atoms with E-state index in [9.17, 15) is 4.79 Å². The van der Waals surface area contributed by atoms with Gasteiger partial charge in [-0.05, 0) is 51.6 Å². The molecule has 1 N–H and O–H groups in total. The molecular formula is C17H26N2O3. The molecule has 5 heteroatoms. The molecular weight excluding hydrogens is 280 g/mol. The first-order chi connectivity index (χ1) is 10.5. The van der Waals surface area contributed by atoms with Gasteiger partial charge in [0.15, 0.2) is 0 Å². The van der Waals surface area contributed by atoms with Gasteiger partial charge in [-0.1, -0.05) is 6.07 Å². The minimum Gasteiger partial charge on any atom is -0.490 e. The molecule has 0 bridgehead atoms. The van der Waals surface area contributed by atoms with E-state index in [4.69, 9.17) is 9.47 Å². The van der Waals surface area contributed by atoms with Crippen molar-refractivity contribution in [3.8, 4) is 5.75 Å². The summed E-state index contributed by atoms with van der Waals surface area (Å²) < 4.78 is 11.3. The monoisotopic (exact) mass is 306 g/mol. The number of amides is 1. The van der Waals surface area contributed by atoms with Gasteiger partial charge in [0.25, 0.3) is 0 Å². The van der Waals surface area contributed by atoms with Crippen molar-refractivity contribution in [3.05, 3.63) is 23.8 Å². The average Bonchev–Trinajstić information content (AvgIpc) is 2.94. The lowest BCUT2D eigenvalue weighted by atomic mass is 10.1. The van der Waals surface area contributed by atoms with Crippen LogP contribution in [-0.2, 0) is 9.53 Å². The van der Waals surface area contributed by atoms with Crippen molar-refractivity contribution in [3.63, 3.8) is 0 Å². The smallest absolute Gasteiger partial charge is 0.227 e. The summed E-state index contributed by atoms with van der Waals surface area (Å²) in [5.74, 6) is 0.704. The molecule has 0 aromatic heterocycles. The lowest BCUT2D eigenvalue weighted by Crippen LogP contribution is -2.21. The van der Waals surface area contributed by atoms with E-state index in [1.54, 1.807) is 0 Å². The Hall–Kier alpha value is -1.59. The summed E-state index contributed by atoms with van der Waals surface area (Å²) in [4.78, 5) is 14.2. The molecule has 1 aliphatic rings. The van der Waals surface area contributed by atoms with Crippen LogP contribution in [0.4, 0.5) is 5.69 Å². The summed E-state index contributed by atoms with van der Waals surface area (Å²) in [6.45, 7) is 4.19. The normalized spacial score (nSPS) is 17.7. The highest BCUT2D eigenvalue weighted by molar-refractivity contribution is 5.92. The number of nitrogens with zero attached hydrogens (tertiary/aromatic N) is 1. The van der Waals surface area contributed by atoms with Crippen molar-refractivity contribution in [2.24, 2.45) is 0 Å². The van der Waals surface area contributed by atoms with E-state index in [1.165, 1.54) is 0 Å². The van der Waals surface area contributed by atoms with Gasteiger partial charge in [0, 0.05) is 13.2 Å². The maximum Gasteiger partial charge on any atom is 0.227 e. The fraction of sp³-hybridized carbons (Fsp3) is 0.588. The van der Waals surface area contributed by atoms with Crippen molar-refractivity contribution in [1.82, 2.24) is 4.90 Å². The van der Waals surface area contributed by atoms with Gasteiger partial charge in [-0.2, -0.15) is 0 Å². The maximum absolute atomic E-state index is 12.1. The predicted octanol–water partition coefficient (Wildman–Crippen LogP) is 2.44. The van der Waals surface area contributed by atoms with Crippen LogP contribution in [0.2, 0.25) is 0 Å². The van der Waals surface area contributed by atoms with Crippen LogP contribution in [-0.4, -0.2) is 50.8 Å². The lowest BCUT2D eigenvalue weighted by molar-refractivity contribution is -0.118. The molecule has 5 nitrogen and oxygen atoms in total. The number of nitrogens with one attached hydrogen (secondary N) is 1. The Morgan fingerprint density at radius 1 is 1.45 bits per heavy atom. The zero-order valence-corrected chi connectivity index (χ0v) is 13.7. The van der Waals surface area contributed by atoms with Crippen molar-refractivity contribution < 1.29 is 14.3 Å². The second kappa shape index (κ2) is 8.15. The van der Waals surface area contributed by atoms with E-state index in [2.05, 4.69) is 10.2 Å². The quantitative estimate of drug-likeness (QED) is 0.840. The number of anilines is 1. The molecule has 0 aliphatic carbocycles. The zero-order valence-electron chi connectivity index (χ0n) is 13.7. The molecule has 122 valence electrons. The molecule has 1 saturated heterocycles. The topological polar surface area (TPSA) is 50.8 Å². The molecule has 0 spiro atoms. The first-order valence-electron chi connectivity index (χ1n) is 7.84. The summed E-state index contributed by atoms with van der Waals surface area (Å²) in [5, 5.41) is 2.95. The number of carbonyl (C=O) groups excluding carboxylic acids is 1. The molecule has 2 rings (SSSR count). The highest BCUT2D eigenvalue weighted by Crippen LogP contribution is 2.26. The summed E-state index contributed by atoms with van der Waals surface area (Å²) in [6.07, 6.45) is 2.48. The molecule has 1 unspecified atom stereocenters. The highest BCUT2D eigenvalue weighted by Gasteiger charge is 2.19. The molecule has 1 fully saturated rings. The van der Waals surface area contributed by atoms with Crippen molar-refractivity contribution in [1.29, 1.82) is 0 Å². The lowest BCUT2D eigenvalue weighted by Gasteiger charge is -2.16. The minimum atomic E-state index is -0.0202. The van der Waals surface area contributed by atoms with Gasteiger partial charge in [0.2, 0.25) is 5.91 Å². The first-order valence-corrected chi connectivity index (χ1v) is 7.84. The van der Waals surface area contributed by atoms with E-state index in [0.717, 1.165) is 43.0 Å². The molecule has 1 aromatic carbocycles. The molecule has 1 aliphatic heterocycles. The van der Waals surface area contributed by atoms with Gasteiger partial charge in [-0.3, -0.25) is 4.79 Å². The molecule has 1 heterocycles. The Morgan fingerprint density at radius 2 is 2.27 bits per heavy atom. The number of likely N-dealkylation sites (N-methyl/N-ethyl adjacent to an activating group) is 1. The number of rotatable bonds is 7. The van der Waals surface area contributed by atoms with Crippen LogP contribution in [0.1, 0.15) is 24.8 Å². The number of carbonyl (C=O) groups is 1. The summed E-state index contributed by atoms with van der Waals surface area (Å²) in [7, 11) is 4.01. The minimum absolute atomic E-state index is 0.0202. The third-order valence-corrected chi connectivity index (χ3v) is 3.64. The number of hydrogen-bond acceptors (Lipinski definition) is 4. The number of aryl methyl sites for hydroxylation is 1. The van der Waals surface area contributed by atoms with Crippen LogP contribution in [0.15, 0.2) is 18.2 Å². The van der Waals surface area contributed by atoms with E-state index >= 15 is 0 Å². The second-order valence-corrected chi connectivity index (χ2v) is 6.04. The number of hydrogen-bond donors (Lipinski definition) is 1. The van der Waals surface area contributed by atoms with Crippen molar-refractivity contribution in [2.75, 3.05) is 39.2 Å². The Balaban J connectivity index is 1.94. The molecule has 0 radical (unpaired) electrons. The summed E-state index contributed by atoms with van der Waals surface area (Å²) in [5.41, 5.74) is 1.84. The Morgan fingerprint density at radius 3 is 2.95 bits per heavy atom.